The number of rotatable bonds is 2. The zero-order valence-electron chi connectivity index (χ0n) is 15.7. The zero-order chi connectivity index (χ0) is 19.4. The van der Waals surface area contributed by atoms with E-state index < -0.39 is 0 Å². The van der Waals surface area contributed by atoms with Crippen molar-refractivity contribution in [3.63, 3.8) is 0 Å². The van der Waals surface area contributed by atoms with E-state index in [-0.39, 0.29) is 11.3 Å². The number of aromatic nitrogens is 5. The Kier molecular flexibility index (Phi) is 3.35. The molecule has 1 aromatic carbocycles. The van der Waals surface area contributed by atoms with Crippen LogP contribution in [0.4, 0.5) is 0 Å². The van der Waals surface area contributed by atoms with Gasteiger partial charge in [-0.25, -0.2) is 9.97 Å². The van der Waals surface area contributed by atoms with Gasteiger partial charge in [0.05, 0.1) is 11.2 Å². The molecule has 0 bridgehead atoms. The van der Waals surface area contributed by atoms with E-state index in [9.17, 15) is 4.79 Å². The average Bonchev–Trinajstić information content (AvgIpc) is 3.32. The van der Waals surface area contributed by atoms with Gasteiger partial charge in [0.1, 0.15) is 12.0 Å². The van der Waals surface area contributed by atoms with E-state index in [4.69, 9.17) is 5.10 Å². The Morgan fingerprint density at radius 1 is 1.07 bits per heavy atom. The van der Waals surface area contributed by atoms with Gasteiger partial charge < -0.3 is 4.90 Å². The predicted octanol–water partition coefficient (Wildman–Crippen LogP) is 2.69. The van der Waals surface area contributed by atoms with Crippen LogP contribution in [0.2, 0.25) is 0 Å². The third-order valence-electron chi connectivity index (χ3n) is 6.09. The second-order valence-electron chi connectivity index (χ2n) is 7.84. The highest BCUT2D eigenvalue weighted by molar-refractivity contribution is 5.93. The summed E-state index contributed by atoms with van der Waals surface area (Å²) < 4.78 is 2.09. The molecule has 1 fully saturated rings. The summed E-state index contributed by atoms with van der Waals surface area (Å²) in [4.78, 5) is 27.0. The average molecular weight is 382 g/mol. The quantitative estimate of drug-likeness (QED) is 0.533. The third-order valence-corrected chi connectivity index (χ3v) is 6.09. The predicted molar refractivity (Wildman–Crippen MR) is 107 cm³/mol. The molecule has 7 heteroatoms. The summed E-state index contributed by atoms with van der Waals surface area (Å²) in [6.45, 7) is 2.29. The highest BCUT2D eigenvalue weighted by atomic mass is 16.2. The Labute approximate surface area is 167 Å². The summed E-state index contributed by atoms with van der Waals surface area (Å²) in [6.07, 6.45) is 5.92. The first-order valence-electron chi connectivity index (χ1n) is 9.71. The maximum Gasteiger partial charge on any atom is 0.272 e. The number of likely N-dealkylation sites (tertiary alicyclic amines) is 1. The fourth-order valence-electron chi connectivity index (χ4n) is 4.54. The van der Waals surface area contributed by atoms with Gasteiger partial charge in [-0.15, -0.1) is 0 Å². The molecule has 2 aliphatic rings. The highest BCUT2D eigenvalue weighted by Gasteiger charge is 2.51. The largest absolute Gasteiger partial charge is 0.335 e. The zero-order valence-corrected chi connectivity index (χ0v) is 15.7. The van der Waals surface area contributed by atoms with E-state index in [0.29, 0.717) is 18.8 Å². The highest BCUT2D eigenvalue weighted by Crippen LogP contribution is 2.44. The summed E-state index contributed by atoms with van der Waals surface area (Å²) in [5.41, 5.74) is 4.61. The first-order valence-corrected chi connectivity index (χ1v) is 9.71. The molecule has 2 aliphatic heterocycles. The summed E-state index contributed by atoms with van der Waals surface area (Å²) in [5.74, 6) is -0.0325. The summed E-state index contributed by atoms with van der Waals surface area (Å²) in [7, 11) is 0. The van der Waals surface area contributed by atoms with Crippen molar-refractivity contribution in [2.75, 3.05) is 13.1 Å². The van der Waals surface area contributed by atoms with Crippen LogP contribution in [-0.4, -0.2) is 48.6 Å². The van der Waals surface area contributed by atoms with Crippen molar-refractivity contribution >= 4 is 16.8 Å². The van der Waals surface area contributed by atoms with Crippen LogP contribution in [0.3, 0.4) is 0 Å². The maximum absolute atomic E-state index is 12.6. The second kappa shape index (κ2) is 5.94. The number of hydrogen-bond acceptors (Lipinski definition) is 5. The van der Waals surface area contributed by atoms with Gasteiger partial charge in [-0.3, -0.25) is 14.5 Å². The fourth-order valence-corrected chi connectivity index (χ4v) is 4.54. The molecule has 29 heavy (non-hydrogen) atoms. The van der Waals surface area contributed by atoms with E-state index in [2.05, 4.69) is 37.8 Å². The summed E-state index contributed by atoms with van der Waals surface area (Å²) in [5, 5.41) is 5.94. The molecule has 0 radical (unpaired) electrons. The molecule has 0 saturated carbocycles. The topological polar surface area (TPSA) is 76.8 Å². The van der Waals surface area contributed by atoms with Crippen molar-refractivity contribution in [1.29, 1.82) is 0 Å². The number of pyridine rings is 1. The third kappa shape index (κ3) is 2.47. The van der Waals surface area contributed by atoms with Gasteiger partial charge in [0.15, 0.2) is 0 Å². The van der Waals surface area contributed by atoms with Gasteiger partial charge in [-0.05, 0) is 30.7 Å². The Hall–Kier alpha value is -3.61. The summed E-state index contributed by atoms with van der Waals surface area (Å²) >= 11 is 0. The molecular weight excluding hydrogens is 364 g/mol. The fraction of sp³-hybridized carbons (Fsp3) is 0.227. The molecule has 3 aromatic heterocycles. The van der Waals surface area contributed by atoms with Crippen LogP contribution in [0.1, 0.15) is 22.6 Å². The van der Waals surface area contributed by atoms with Crippen LogP contribution < -0.4 is 0 Å². The molecular formula is C22H18N6O. The van der Waals surface area contributed by atoms with Gasteiger partial charge >= 0.3 is 0 Å². The van der Waals surface area contributed by atoms with Gasteiger partial charge in [-0.1, -0.05) is 18.2 Å². The molecule has 1 amide bonds. The second-order valence-corrected chi connectivity index (χ2v) is 7.84. The number of carbonyl (C=O) groups excluding carboxylic acids is 1. The number of benzene rings is 1. The Morgan fingerprint density at radius 3 is 2.83 bits per heavy atom. The van der Waals surface area contributed by atoms with Crippen LogP contribution in [0.25, 0.3) is 22.2 Å². The van der Waals surface area contributed by atoms with Crippen molar-refractivity contribution in [3.05, 3.63) is 72.6 Å². The lowest BCUT2D eigenvalue weighted by Gasteiger charge is -2.47. The molecule has 1 saturated heterocycles. The minimum atomic E-state index is -0.0325. The lowest BCUT2D eigenvalue weighted by Crippen LogP contribution is -2.60. The van der Waals surface area contributed by atoms with Gasteiger partial charge in [0.25, 0.3) is 5.91 Å². The van der Waals surface area contributed by atoms with Crippen molar-refractivity contribution in [2.24, 2.45) is 0 Å². The number of amides is 1. The van der Waals surface area contributed by atoms with Crippen LogP contribution in [0.5, 0.6) is 0 Å². The van der Waals surface area contributed by atoms with Crippen molar-refractivity contribution in [3.8, 4) is 11.3 Å². The monoisotopic (exact) mass is 382 g/mol. The van der Waals surface area contributed by atoms with Crippen molar-refractivity contribution in [2.45, 2.75) is 18.4 Å². The van der Waals surface area contributed by atoms with Gasteiger partial charge in [0.2, 0.25) is 0 Å². The minimum Gasteiger partial charge on any atom is -0.335 e. The molecule has 142 valence electrons. The maximum atomic E-state index is 12.6. The van der Waals surface area contributed by atoms with Crippen LogP contribution in [-0.2, 0) is 12.0 Å². The van der Waals surface area contributed by atoms with E-state index in [1.54, 1.807) is 12.3 Å². The lowest BCUT2D eigenvalue weighted by atomic mass is 9.75. The number of aryl methyl sites for hydroxylation is 1. The number of para-hydroxylation sites is 1. The standard InChI is InChI=1S/C22H18N6O/c29-21(18-5-7-23-14-25-18)27-12-22(13-27)6-8-28-20(22)10-19(26-28)16-9-15-3-1-2-4-17(15)24-11-16/h1-5,7,9-11,14H,6,8,12-13H2. The molecule has 6 rings (SSSR count). The molecule has 0 aliphatic carbocycles. The molecule has 0 atom stereocenters. The molecule has 4 aromatic rings. The molecule has 1 spiro atoms. The first-order chi connectivity index (χ1) is 14.2. The SMILES string of the molecule is O=C(c1ccncn1)N1CC2(CCn3nc(-c4cnc5ccccc5c4)cc32)C1. The Morgan fingerprint density at radius 2 is 1.97 bits per heavy atom. The van der Waals surface area contributed by atoms with Crippen LogP contribution in [0.15, 0.2) is 61.2 Å². The normalized spacial score (nSPS) is 16.8. The lowest BCUT2D eigenvalue weighted by molar-refractivity contribution is 0.0385. The summed E-state index contributed by atoms with van der Waals surface area (Å²) in [6, 6.07) is 14.1. The van der Waals surface area contributed by atoms with E-state index >= 15 is 0 Å². The molecule has 7 nitrogen and oxygen atoms in total. The number of nitrogens with zero attached hydrogens (tertiary/aromatic N) is 6. The number of carbonyl (C=O) groups is 1. The number of fused-ring (bicyclic) bond motifs is 3. The van der Waals surface area contributed by atoms with Crippen molar-refractivity contribution in [1.82, 2.24) is 29.6 Å². The molecule has 0 unspecified atom stereocenters. The number of hydrogen-bond donors (Lipinski definition) is 0. The molecule has 5 heterocycles. The first kappa shape index (κ1) is 16.4. The van der Waals surface area contributed by atoms with Crippen LogP contribution >= 0.6 is 0 Å². The molecule has 0 N–H and O–H groups in total. The van der Waals surface area contributed by atoms with E-state index in [1.807, 2.05) is 29.3 Å². The Balaban J connectivity index is 1.28. The van der Waals surface area contributed by atoms with E-state index in [1.165, 1.54) is 12.0 Å². The minimum absolute atomic E-state index is 0.00177. The smallest absolute Gasteiger partial charge is 0.272 e. The Bertz CT molecular complexity index is 1240. The van der Waals surface area contributed by atoms with E-state index in [0.717, 1.165) is 35.1 Å². The van der Waals surface area contributed by atoms with Gasteiger partial charge in [-0.2, -0.15) is 5.10 Å². The van der Waals surface area contributed by atoms with Crippen LogP contribution in [0, 0.1) is 0 Å². The van der Waals surface area contributed by atoms with Crippen molar-refractivity contribution < 1.29 is 4.79 Å². The van der Waals surface area contributed by atoms with Gasteiger partial charge in [0, 0.05) is 54.1 Å².